The number of nitrogens with zero attached hydrogens (tertiary/aromatic N) is 8. The molecule has 0 amide bonds. The Kier molecular flexibility index (Phi) is 9.87. The quantitative estimate of drug-likeness (QED) is 0.153. The molecule has 0 saturated heterocycles. The van der Waals surface area contributed by atoms with Crippen LogP contribution in [0.2, 0.25) is 0 Å². The first-order valence-electron chi connectivity index (χ1n) is 29.7. The van der Waals surface area contributed by atoms with Gasteiger partial charge in [0.1, 0.15) is 6.07 Å². The molecule has 19 rings (SSSR count). The predicted molar refractivity (Wildman–Crippen MR) is 363 cm³/mol. The number of fused-ring (bicyclic) bond motifs is 18. The first-order chi connectivity index (χ1) is 43.7. The Morgan fingerprint density at radius 2 is 0.477 bits per heavy atom. The van der Waals surface area contributed by atoms with Gasteiger partial charge >= 0.3 is 0 Å². The molecule has 0 bridgehead atoms. The van der Waals surface area contributed by atoms with E-state index in [1.165, 1.54) is 0 Å². The van der Waals surface area contributed by atoms with E-state index in [1.807, 2.05) is 0 Å². The second kappa shape index (κ2) is 18.1. The van der Waals surface area contributed by atoms with Gasteiger partial charge < -0.3 is 27.4 Å². The number of benzene rings is 13. The van der Waals surface area contributed by atoms with Crippen molar-refractivity contribution in [3.8, 4) is 40.2 Å². The van der Waals surface area contributed by atoms with Gasteiger partial charge in [-0.2, -0.15) is 5.26 Å². The highest BCUT2D eigenvalue weighted by molar-refractivity contribution is 6.23. The fourth-order valence-corrected chi connectivity index (χ4v) is 15.1. The summed E-state index contributed by atoms with van der Waals surface area (Å²) >= 11 is 0. The van der Waals surface area contributed by atoms with E-state index in [4.69, 9.17) is 4.85 Å². The largest absolute Gasteiger partial charge is 0.318 e. The van der Waals surface area contributed by atoms with Crippen molar-refractivity contribution in [1.82, 2.24) is 27.4 Å². The predicted octanol–water partition coefficient (Wildman–Crippen LogP) is 20.7. The number of hydrogen-bond donors (Lipinski definition) is 0. The zero-order valence-corrected chi connectivity index (χ0v) is 47.1. The molecule has 0 atom stereocenters. The summed E-state index contributed by atoms with van der Waals surface area (Å²) in [4.78, 5) is 4.89. The first kappa shape index (κ1) is 48.1. The highest BCUT2D eigenvalue weighted by Gasteiger charge is 2.35. The van der Waals surface area contributed by atoms with Crippen LogP contribution in [0, 0.1) is 17.9 Å². The Bertz CT molecular complexity index is 5950. The highest BCUT2D eigenvalue weighted by Crippen LogP contribution is 2.53. The molecule has 0 N–H and O–H groups in total. The molecule has 8 heteroatoms. The molecule has 8 nitrogen and oxygen atoms in total. The summed E-state index contributed by atoms with van der Waals surface area (Å²) < 4.78 is 14.1. The minimum Gasteiger partial charge on any atom is -0.318 e. The van der Waals surface area contributed by atoms with Crippen molar-refractivity contribution >= 4 is 137 Å². The van der Waals surface area contributed by atoms with Gasteiger partial charge in [0.05, 0.1) is 101 Å². The van der Waals surface area contributed by atoms with E-state index in [-0.39, 0.29) is 0 Å². The summed E-state index contributed by atoms with van der Waals surface area (Å²) in [5.74, 6) is 0. The van der Waals surface area contributed by atoms with Crippen LogP contribution in [0.4, 0.5) is 5.69 Å². The summed E-state index contributed by atoms with van der Waals surface area (Å²) in [5, 5.41) is 25.6. The SMILES string of the molecule is [C-]#[N+]c1c(-n2c3ccccc3c3ccccc32)c(C#N)c(-n2c3ccccc3c3cc4c(cc32)c2ccccc2n4-c2ccccc2)c(-n2c3ccccc3c3ccccc32)c1-n1c2ccccc2c2cc3c(cc21)c1ccccc1n3-c1ccccc1. The van der Waals surface area contributed by atoms with Crippen LogP contribution in [0.25, 0.3) is 170 Å². The van der Waals surface area contributed by atoms with Crippen LogP contribution < -0.4 is 0 Å². The van der Waals surface area contributed by atoms with Gasteiger partial charge in [0.15, 0.2) is 0 Å². The molecule has 0 radical (unpaired) electrons. The molecule has 0 fully saturated rings. The summed E-state index contributed by atoms with van der Waals surface area (Å²) in [6.45, 7) is 10.0. The van der Waals surface area contributed by atoms with Crippen LogP contribution in [-0.4, -0.2) is 27.4 Å². The van der Waals surface area contributed by atoms with Crippen LogP contribution in [0.3, 0.4) is 0 Å². The van der Waals surface area contributed by atoms with Gasteiger partial charge in [-0.1, -0.05) is 182 Å². The molecule has 406 valence electrons. The fraction of sp³-hybridized carbons (Fsp3) is 0. The van der Waals surface area contributed by atoms with E-state index >= 15 is 0 Å². The van der Waals surface area contributed by atoms with Gasteiger partial charge in [0.25, 0.3) is 0 Å². The van der Waals surface area contributed by atoms with E-state index in [9.17, 15) is 11.8 Å². The van der Waals surface area contributed by atoms with E-state index in [2.05, 4.69) is 313 Å². The molecule has 88 heavy (non-hydrogen) atoms. The van der Waals surface area contributed by atoms with Crippen molar-refractivity contribution in [3.05, 3.63) is 296 Å². The molecule has 0 aliphatic heterocycles. The third-order valence-corrected chi connectivity index (χ3v) is 18.6. The van der Waals surface area contributed by atoms with Gasteiger partial charge in [0, 0.05) is 76.0 Å². The second-order valence-electron chi connectivity index (χ2n) is 22.9. The standard InChI is InChI=1S/C80H46N8/c1-82-76-77(85-66-38-18-8-28-51(66)52-29-9-19-39-67(52)85)63(48-81)78(87-70-42-22-14-34-57(70)61-44-72-59(46-74(61)87)55-32-12-16-36-64(55)83(72)49-24-4-2-5-25-49)80(86-68-40-20-10-30-53(68)54-31-11-21-41-69(54)86)79(76)88-71-43-23-15-35-58(71)62-45-73-60(47-75(62)88)56-33-13-17-37-65(56)84(73)50-26-6-3-7-27-50/h2-47H. The van der Waals surface area contributed by atoms with E-state index < -0.39 is 0 Å². The Morgan fingerprint density at radius 1 is 0.239 bits per heavy atom. The zero-order chi connectivity index (χ0) is 57.9. The number of nitriles is 1. The normalized spacial score (nSPS) is 12.1. The molecule has 0 unspecified atom stereocenters. The maximum Gasteiger partial charge on any atom is 0.237 e. The maximum atomic E-state index is 12.9. The van der Waals surface area contributed by atoms with Gasteiger partial charge in [-0.15, -0.1) is 0 Å². The van der Waals surface area contributed by atoms with Crippen LogP contribution in [-0.2, 0) is 0 Å². The minimum atomic E-state index is 0.340. The Hall–Kier alpha value is -12.4. The van der Waals surface area contributed by atoms with Crippen molar-refractivity contribution in [1.29, 1.82) is 5.26 Å². The molecule has 19 aromatic rings. The third kappa shape index (κ3) is 6.34. The van der Waals surface area contributed by atoms with Crippen LogP contribution in [0.15, 0.2) is 279 Å². The number of aromatic nitrogens is 6. The average Bonchev–Trinajstić information content (AvgIpc) is 1.48. The van der Waals surface area contributed by atoms with Crippen molar-refractivity contribution in [2.75, 3.05) is 0 Å². The lowest BCUT2D eigenvalue weighted by atomic mass is 10.0. The smallest absolute Gasteiger partial charge is 0.237 e. The molecular weight excluding hydrogens is 1070 g/mol. The Morgan fingerprint density at radius 3 is 0.784 bits per heavy atom. The van der Waals surface area contributed by atoms with Crippen LogP contribution in [0.5, 0.6) is 0 Å². The second-order valence-corrected chi connectivity index (χ2v) is 22.9. The summed E-state index contributed by atoms with van der Waals surface area (Å²) in [5.41, 5.74) is 17.1. The van der Waals surface area contributed by atoms with Crippen LogP contribution >= 0.6 is 0 Å². The van der Waals surface area contributed by atoms with E-state index in [0.717, 1.165) is 142 Å². The van der Waals surface area contributed by atoms with Gasteiger partial charge in [-0.3, -0.25) is 0 Å². The number of hydrogen-bond acceptors (Lipinski definition) is 1. The van der Waals surface area contributed by atoms with Gasteiger partial charge in [-0.25, -0.2) is 4.85 Å². The van der Waals surface area contributed by atoms with E-state index in [0.29, 0.717) is 34.0 Å². The molecule has 0 saturated carbocycles. The van der Waals surface area contributed by atoms with Gasteiger partial charge in [-0.05, 0) is 97.1 Å². The summed E-state index contributed by atoms with van der Waals surface area (Å²) in [7, 11) is 0. The lowest BCUT2D eigenvalue weighted by Gasteiger charge is -2.27. The minimum absolute atomic E-state index is 0.340. The van der Waals surface area contributed by atoms with Crippen molar-refractivity contribution < 1.29 is 0 Å². The third-order valence-electron chi connectivity index (χ3n) is 18.6. The highest BCUT2D eigenvalue weighted by atomic mass is 15.1. The molecule has 6 aromatic heterocycles. The topological polar surface area (TPSA) is 57.7 Å². The lowest BCUT2D eigenvalue weighted by molar-refractivity contribution is 1.03. The zero-order valence-electron chi connectivity index (χ0n) is 47.1. The molecule has 0 aliphatic rings. The Balaban J connectivity index is 1.10. The molecule has 0 spiro atoms. The summed E-state index contributed by atoms with van der Waals surface area (Å²) in [6, 6.07) is 102. The number of rotatable bonds is 6. The lowest BCUT2D eigenvalue weighted by Crippen LogP contribution is -2.14. The van der Waals surface area contributed by atoms with Gasteiger partial charge in [0.2, 0.25) is 5.69 Å². The summed E-state index contributed by atoms with van der Waals surface area (Å²) in [6.07, 6.45) is 0. The molecule has 0 aliphatic carbocycles. The number of para-hydroxylation sites is 10. The first-order valence-corrected chi connectivity index (χ1v) is 29.7. The van der Waals surface area contributed by atoms with E-state index in [1.54, 1.807) is 0 Å². The van der Waals surface area contributed by atoms with Crippen LogP contribution in [0.1, 0.15) is 5.56 Å². The van der Waals surface area contributed by atoms with Crippen molar-refractivity contribution in [2.24, 2.45) is 0 Å². The molecule has 6 heterocycles. The van der Waals surface area contributed by atoms with Crippen molar-refractivity contribution in [3.63, 3.8) is 0 Å². The maximum absolute atomic E-state index is 12.9. The average molecular weight is 1120 g/mol. The van der Waals surface area contributed by atoms with Crippen molar-refractivity contribution in [2.45, 2.75) is 0 Å². The Labute approximate surface area is 502 Å². The fourth-order valence-electron chi connectivity index (χ4n) is 15.1. The molecular formula is C80H46N8. The monoisotopic (exact) mass is 1120 g/mol. The molecule has 13 aromatic carbocycles.